The molecule has 0 saturated heterocycles. The molecule has 0 spiro atoms. The van der Waals surface area contributed by atoms with E-state index in [-0.39, 0.29) is 12.5 Å². The molecule has 20 heavy (non-hydrogen) atoms. The van der Waals surface area contributed by atoms with Crippen LogP contribution in [0.2, 0.25) is 0 Å². The summed E-state index contributed by atoms with van der Waals surface area (Å²) in [6.07, 6.45) is 2.97. The minimum absolute atomic E-state index is 0.222. The van der Waals surface area contributed by atoms with Gasteiger partial charge >= 0.3 is 0 Å². The van der Waals surface area contributed by atoms with Crippen molar-refractivity contribution in [3.8, 4) is 0 Å². The van der Waals surface area contributed by atoms with Gasteiger partial charge in [-0.05, 0) is 30.4 Å². The van der Waals surface area contributed by atoms with E-state index >= 15 is 0 Å². The molecule has 1 amide bonds. The number of nitrogens with one attached hydrogen (secondary N) is 1. The maximum atomic E-state index is 11.5. The van der Waals surface area contributed by atoms with Crippen LogP contribution in [-0.4, -0.2) is 27.1 Å². The Labute approximate surface area is 120 Å². The molecular formula is C14H22N2O3S. The lowest BCUT2D eigenvalue weighted by Crippen LogP contribution is -2.31. The molecule has 0 fully saturated rings. The molecule has 1 aromatic rings. The van der Waals surface area contributed by atoms with E-state index < -0.39 is 15.9 Å². The van der Waals surface area contributed by atoms with E-state index in [9.17, 15) is 13.2 Å². The second-order valence-corrected chi connectivity index (χ2v) is 6.77. The molecule has 0 radical (unpaired) electrons. The van der Waals surface area contributed by atoms with Crippen LogP contribution in [0.1, 0.15) is 24.5 Å². The largest absolute Gasteiger partial charge is 0.369 e. The molecule has 112 valence electrons. The number of hydrogen-bond donors (Lipinski definition) is 2. The minimum atomic E-state index is -3.23. The molecule has 1 rings (SSSR count). The lowest BCUT2D eigenvalue weighted by Gasteiger charge is -2.14. The van der Waals surface area contributed by atoms with Crippen molar-refractivity contribution in [3.63, 3.8) is 0 Å². The van der Waals surface area contributed by atoms with Crippen molar-refractivity contribution >= 4 is 15.9 Å². The third-order valence-corrected chi connectivity index (χ3v) is 3.87. The zero-order chi connectivity index (χ0) is 15.2. The van der Waals surface area contributed by atoms with Crippen LogP contribution in [0.3, 0.4) is 0 Å². The molecule has 0 aliphatic carbocycles. The van der Waals surface area contributed by atoms with E-state index in [4.69, 9.17) is 5.73 Å². The highest BCUT2D eigenvalue weighted by Gasteiger charge is 2.16. The van der Waals surface area contributed by atoms with Gasteiger partial charge in [0.05, 0.1) is 6.26 Å². The monoisotopic (exact) mass is 298 g/mol. The van der Waals surface area contributed by atoms with E-state index in [1.54, 1.807) is 0 Å². The highest BCUT2D eigenvalue weighted by molar-refractivity contribution is 7.88. The lowest BCUT2D eigenvalue weighted by atomic mass is 9.94. The fourth-order valence-corrected chi connectivity index (χ4v) is 2.51. The highest BCUT2D eigenvalue weighted by Crippen LogP contribution is 2.14. The Morgan fingerprint density at radius 3 is 2.55 bits per heavy atom. The van der Waals surface area contributed by atoms with Crippen LogP contribution >= 0.6 is 0 Å². The van der Waals surface area contributed by atoms with Gasteiger partial charge in [-0.25, -0.2) is 13.1 Å². The normalized spacial score (nSPS) is 13.1. The summed E-state index contributed by atoms with van der Waals surface area (Å²) in [4.78, 5) is 11.5. The highest BCUT2D eigenvalue weighted by atomic mass is 32.2. The van der Waals surface area contributed by atoms with Gasteiger partial charge in [0.2, 0.25) is 15.9 Å². The Morgan fingerprint density at radius 1 is 1.35 bits per heavy atom. The number of aryl methyl sites for hydroxylation is 1. The van der Waals surface area contributed by atoms with Crippen molar-refractivity contribution in [2.45, 2.75) is 26.2 Å². The fourth-order valence-electron chi connectivity index (χ4n) is 2.02. The van der Waals surface area contributed by atoms with Gasteiger partial charge in [-0.1, -0.05) is 31.2 Å². The summed E-state index contributed by atoms with van der Waals surface area (Å²) in [7, 11) is -3.23. The predicted octanol–water partition coefficient (Wildman–Crippen LogP) is 0.832. The van der Waals surface area contributed by atoms with Crippen molar-refractivity contribution < 1.29 is 13.2 Å². The molecule has 1 atom stereocenters. The number of nitrogens with two attached hydrogens (primary N) is 1. The molecule has 5 nitrogen and oxygen atoms in total. The smallest absolute Gasteiger partial charge is 0.220 e. The molecule has 0 bridgehead atoms. The van der Waals surface area contributed by atoms with Crippen LogP contribution in [-0.2, 0) is 27.7 Å². The number of hydrogen-bond acceptors (Lipinski definition) is 3. The summed E-state index contributed by atoms with van der Waals surface area (Å²) in [5, 5.41) is 0. The third-order valence-electron chi connectivity index (χ3n) is 3.14. The van der Waals surface area contributed by atoms with E-state index in [0.29, 0.717) is 12.8 Å². The van der Waals surface area contributed by atoms with Gasteiger partial charge in [0, 0.05) is 12.5 Å². The first kappa shape index (κ1) is 16.7. The summed E-state index contributed by atoms with van der Waals surface area (Å²) in [5.74, 6) is -0.765. The Bertz CT molecular complexity index is 555. The van der Waals surface area contributed by atoms with Gasteiger partial charge in [-0.2, -0.15) is 0 Å². The molecule has 0 heterocycles. The Hall–Kier alpha value is -1.40. The van der Waals surface area contributed by atoms with Crippen LogP contribution in [0.4, 0.5) is 0 Å². The maximum absolute atomic E-state index is 11.5. The Balaban J connectivity index is 2.65. The number of benzene rings is 1. The number of rotatable bonds is 8. The van der Waals surface area contributed by atoms with Crippen molar-refractivity contribution in [2.24, 2.45) is 11.7 Å². The van der Waals surface area contributed by atoms with E-state index in [1.165, 1.54) is 5.56 Å². The SMILES string of the molecule is CCc1cccc(CC(CCNS(C)(=O)=O)C(N)=O)c1. The molecule has 0 aliphatic rings. The van der Waals surface area contributed by atoms with Crippen LogP contribution < -0.4 is 10.5 Å². The van der Waals surface area contributed by atoms with E-state index in [2.05, 4.69) is 17.7 Å². The first-order valence-corrected chi connectivity index (χ1v) is 8.52. The van der Waals surface area contributed by atoms with Crippen molar-refractivity contribution in [2.75, 3.05) is 12.8 Å². The molecule has 0 saturated carbocycles. The standard InChI is InChI=1S/C14H22N2O3S/c1-3-11-5-4-6-12(9-11)10-13(14(15)17)7-8-16-20(2,18)19/h4-6,9,13,16H,3,7-8,10H2,1-2H3,(H2,15,17). The molecule has 6 heteroatoms. The molecular weight excluding hydrogens is 276 g/mol. The molecule has 1 unspecified atom stereocenters. The summed E-state index contributed by atoms with van der Waals surface area (Å²) in [5.41, 5.74) is 7.65. The van der Waals surface area contributed by atoms with Gasteiger partial charge in [0.25, 0.3) is 0 Å². The fraction of sp³-hybridized carbons (Fsp3) is 0.500. The third kappa shape index (κ3) is 6.16. The van der Waals surface area contributed by atoms with Gasteiger partial charge < -0.3 is 5.73 Å². The lowest BCUT2D eigenvalue weighted by molar-refractivity contribution is -0.121. The zero-order valence-electron chi connectivity index (χ0n) is 11.9. The molecule has 0 aromatic heterocycles. The maximum Gasteiger partial charge on any atom is 0.220 e. The van der Waals surface area contributed by atoms with Crippen molar-refractivity contribution in [1.29, 1.82) is 0 Å². The average Bonchev–Trinajstić information content (AvgIpc) is 2.36. The van der Waals surface area contributed by atoms with E-state index in [1.807, 2.05) is 18.2 Å². The van der Waals surface area contributed by atoms with Gasteiger partial charge in [-0.15, -0.1) is 0 Å². The summed E-state index contributed by atoms with van der Waals surface area (Å²) in [6, 6.07) is 8.01. The number of carbonyl (C=O) groups is 1. The zero-order valence-corrected chi connectivity index (χ0v) is 12.7. The summed E-state index contributed by atoms with van der Waals surface area (Å²) < 4.78 is 24.4. The molecule has 3 N–H and O–H groups in total. The first-order valence-electron chi connectivity index (χ1n) is 6.63. The van der Waals surface area contributed by atoms with Gasteiger partial charge in [-0.3, -0.25) is 4.79 Å². The first-order chi connectivity index (χ1) is 9.31. The number of carbonyl (C=O) groups excluding carboxylic acids is 1. The number of amides is 1. The Kier molecular flexibility index (Phi) is 6.16. The second kappa shape index (κ2) is 7.40. The topological polar surface area (TPSA) is 89.3 Å². The number of primary amides is 1. The van der Waals surface area contributed by atoms with Crippen LogP contribution in [0.5, 0.6) is 0 Å². The van der Waals surface area contributed by atoms with E-state index in [0.717, 1.165) is 18.2 Å². The van der Waals surface area contributed by atoms with Crippen LogP contribution in [0, 0.1) is 5.92 Å². The minimum Gasteiger partial charge on any atom is -0.369 e. The average molecular weight is 298 g/mol. The molecule has 1 aromatic carbocycles. The van der Waals surface area contributed by atoms with Crippen LogP contribution in [0.15, 0.2) is 24.3 Å². The van der Waals surface area contributed by atoms with Gasteiger partial charge in [0.15, 0.2) is 0 Å². The second-order valence-electron chi connectivity index (χ2n) is 4.93. The predicted molar refractivity (Wildman–Crippen MR) is 79.7 cm³/mol. The van der Waals surface area contributed by atoms with Crippen molar-refractivity contribution in [3.05, 3.63) is 35.4 Å². The van der Waals surface area contributed by atoms with Crippen molar-refractivity contribution in [1.82, 2.24) is 4.72 Å². The number of sulfonamides is 1. The quantitative estimate of drug-likeness (QED) is 0.745. The van der Waals surface area contributed by atoms with Crippen LogP contribution in [0.25, 0.3) is 0 Å². The van der Waals surface area contributed by atoms with Gasteiger partial charge in [0.1, 0.15) is 0 Å². The summed E-state index contributed by atoms with van der Waals surface area (Å²) >= 11 is 0. The Morgan fingerprint density at radius 2 is 2.00 bits per heavy atom. The summed E-state index contributed by atoms with van der Waals surface area (Å²) in [6.45, 7) is 2.29. The molecule has 0 aliphatic heterocycles.